The van der Waals surface area contributed by atoms with E-state index in [4.69, 9.17) is 9.72 Å². The molecule has 0 saturated carbocycles. The summed E-state index contributed by atoms with van der Waals surface area (Å²) in [7, 11) is 0. The molecule has 8 aromatic carbocycles. The number of rotatable bonds is 9. The number of ether oxygens (including phenoxy) is 1. The Morgan fingerprint density at radius 3 is 1.66 bits per heavy atom. The molecule has 0 aliphatic rings. The van der Waals surface area contributed by atoms with E-state index in [-0.39, 0.29) is 16.2 Å². The molecule has 0 amide bonds. The van der Waals surface area contributed by atoms with E-state index in [0.717, 1.165) is 61.7 Å². The molecule has 0 aliphatic heterocycles. The number of imidazole rings is 1. The molecule has 5 nitrogen and oxygen atoms in total. The minimum absolute atomic E-state index is 0.0513. The highest BCUT2D eigenvalue weighted by Gasteiger charge is 2.30. The molecular weight excluding hydrogens is 901 g/mol. The number of hydrogen-bond donors (Lipinski definition) is 0. The van der Waals surface area contributed by atoms with Gasteiger partial charge in [-0.15, -0.1) is 0 Å². The Balaban J connectivity index is 1.06. The second kappa shape index (κ2) is 18.5. The largest absolute Gasteiger partial charge is 0.457 e. The fraction of sp³-hybridized carbons (Fsp3) is 0.217. The van der Waals surface area contributed by atoms with Crippen LogP contribution in [0.5, 0.6) is 11.5 Å². The highest BCUT2D eigenvalue weighted by molar-refractivity contribution is 6.09. The van der Waals surface area contributed by atoms with Gasteiger partial charge in [0.15, 0.2) is 11.0 Å². The van der Waals surface area contributed by atoms with Crippen LogP contribution in [0.3, 0.4) is 0 Å². The molecule has 0 saturated heterocycles. The molecular formula is C69H67N4O+. The average Bonchev–Trinajstić information content (AvgIpc) is 3.97. The predicted molar refractivity (Wildman–Crippen MR) is 310 cm³/mol. The molecule has 74 heavy (non-hydrogen) atoms. The predicted octanol–water partition coefficient (Wildman–Crippen LogP) is 18.2. The maximum Gasteiger partial charge on any atom is 0.255 e. The van der Waals surface area contributed by atoms with Crippen LogP contribution in [-0.2, 0) is 16.2 Å². The first kappa shape index (κ1) is 48.3. The molecule has 3 heterocycles. The molecule has 0 spiro atoms. The topological polar surface area (TPSA) is 35.9 Å². The minimum Gasteiger partial charge on any atom is -0.457 e. The molecule has 0 aliphatic carbocycles. The van der Waals surface area contributed by atoms with Crippen LogP contribution >= 0.6 is 0 Å². The third-order valence-electron chi connectivity index (χ3n) is 14.7. The SMILES string of the molecule is CC(C)c1cc(-n2c3ccccc3c3ccc(Oc4cccc(-n5c[n+](-c6c(-c7ccccc7)cc(C(C)(C)C)cc6-c6cc(C(C)(C)C)cc(C(C)(C)C)c6)c6ccccc65)c4)cc32)ncc1-c1ccccc1. The van der Waals surface area contributed by atoms with Crippen molar-refractivity contribution in [3.63, 3.8) is 0 Å². The molecule has 0 unspecified atom stereocenters. The van der Waals surface area contributed by atoms with E-state index in [1.807, 2.05) is 12.3 Å². The van der Waals surface area contributed by atoms with Gasteiger partial charge in [-0.3, -0.25) is 4.57 Å². The van der Waals surface area contributed by atoms with Crippen molar-refractivity contribution in [2.24, 2.45) is 0 Å². The molecule has 0 radical (unpaired) electrons. The lowest BCUT2D eigenvalue weighted by atomic mass is 9.77. The number of hydrogen-bond acceptors (Lipinski definition) is 2. The maximum absolute atomic E-state index is 6.90. The van der Waals surface area contributed by atoms with Crippen LogP contribution in [0.4, 0.5) is 0 Å². The fourth-order valence-corrected chi connectivity index (χ4v) is 10.5. The maximum atomic E-state index is 6.90. The summed E-state index contributed by atoms with van der Waals surface area (Å²) in [4.78, 5) is 5.15. The van der Waals surface area contributed by atoms with Gasteiger partial charge in [0, 0.05) is 45.8 Å². The van der Waals surface area contributed by atoms with Crippen LogP contribution in [0.2, 0.25) is 0 Å². The number of fused-ring (bicyclic) bond motifs is 4. The molecule has 5 heteroatoms. The fourth-order valence-electron chi connectivity index (χ4n) is 10.5. The van der Waals surface area contributed by atoms with E-state index in [1.54, 1.807) is 0 Å². The van der Waals surface area contributed by atoms with Crippen molar-refractivity contribution in [3.05, 3.63) is 223 Å². The van der Waals surface area contributed by atoms with Gasteiger partial charge in [-0.25, -0.2) is 4.98 Å². The zero-order valence-corrected chi connectivity index (χ0v) is 44.8. The van der Waals surface area contributed by atoms with Crippen LogP contribution in [0.25, 0.3) is 83.4 Å². The molecule has 368 valence electrons. The van der Waals surface area contributed by atoms with Crippen molar-refractivity contribution in [3.8, 4) is 62.1 Å². The normalized spacial score (nSPS) is 12.4. The molecule has 0 N–H and O–H groups in total. The quantitative estimate of drug-likeness (QED) is 0.135. The second-order valence-corrected chi connectivity index (χ2v) is 23.5. The Bertz CT molecular complexity index is 3860. The molecule has 11 aromatic rings. The summed E-state index contributed by atoms with van der Waals surface area (Å²) < 4.78 is 13.9. The van der Waals surface area contributed by atoms with Crippen molar-refractivity contribution in [2.45, 2.75) is 98.3 Å². The Hall–Kier alpha value is -8.02. The van der Waals surface area contributed by atoms with Gasteiger partial charge in [-0.1, -0.05) is 191 Å². The van der Waals surface area contributed by atoms with E-state index in [1.165, 1.54) is 55.5 Å². The summed E-state index contributed by atoms with van der Waals surface area (Å²) in [6.45, 7) is 25.4. The molecule has 0 bridgehead atoms. The van der Waals surface area contributed by atoms with E-state index in [0.29, 0.717) is 5.92 Å². The first-order valence-electron chi connectivity index (χ1n) is 26.2. The van der Waals surface area contributed by atoms with Gasteiger partial charge in [0.25, 0.3) is 6.33 Å². The van der Waals surface area contributed by atoms with Gasteiger partial charge < -0.3 is 4.74 Å². The monoisotopic (exact) mass is 968 g/mol. The highest BCUT2D eigenvalue weighted by atomic mass is 16.5. The lowest BCUT2D eigenvalue weighted by Crippen LogP contribution is -2.31. The molecule has 0 fully saturated rings. The Morgan fingerprint density at radius 2 is 1.01 bits per heavy atom. The third-order valence-corrected chi connectivity index (χ3v) is 14.7. The van der Waals surface area contributed by atoms with Crippen LogP contribution in [0, 0.1) is 0 Å². The van der Waals surface area contributed by atoms with Gasteiger partial charge in [0.1, 0.15) is 28.7 Å². The first-order valence-corrected chi connectivity index (χ1v) is 26.2. The van der Waals surface area contributed by atoms with Gasteiger partial charge in [0.05, 0.1) is 11.0 Å². The van der Waals surface area contributed by atoms with E-state index in [2.05, 4.69) is 278 Å². The van der Waals surface area contributed by atoms with Gasteiger partial charge in [-0.2, -0.15) is 9.13 Å². The summed E-state index contributed by atoms with van der Waals surface area (Å²) in [5.74, 6) is 2.68. The van der Waals surface area contributed by atoms with Crippen LogP contribution in [0.15, 0.2) is 201 Å². The number of nitrogens with zero attached hydrogens (tertiary/aromatic N) is 4. The number of pyridine rings is 1. The van der Waals surface area contributed by atoms with E-state index in [9.17, 15) is 0 Å². The zero-order chi connectivity index (χ0) is 51.7. The van der Waals surface area contributed by atoms with E-state index < -0.39 is 0 Å². The first-order chi connectivity index (χ1) is 35.4. The van der Waals surface area contributed by atoms with Crippen molar-refractivity contribution in [2.75, 3.05) is 0 Å². The minimum atomic E-state index is -0.103. The van der Waals surface area contributed by atoms with Crippen molar-refractivity contribution >= 4 is 32.8 Å². The molecule has 0 atom stereocenters. The smallest absolute Gasteiger partial charge is 0.255 e. The summed E-state index contributed by atoms with van der Waals surface area (Å²) >= 11 is 0. The van der Waals surface area contributed by atoms with E-state index >= 15 is 0 Å². The van der Waals surface area contributed by atoms with Gasteiger partial charge in [0.2, 0.25) is 0 Å². The summed E-state index contributed by atoms with van der Waals surface area (Å²) in [5, 5.41) is 2.32. The zero-order valence-electron chi connectivity index (χ0n) is 44.8. The second-order valence-electron chi connectivity index (χ2n) is 23.5. The van der Waals surface area contributed by atoms with Crippen molar-refractivity contribution in [1.29, 1.82) is 0 Å². The molecule has 11 rings (SSSR count). The third kappa shape index (κ3) is 8.99. The Labute approximate surface area is 437 Å². The lowest BCUT2D eigenvalue weighted by molar-refractivity contribution is -0.566. The number of aromatic nitrogens is 4. The van der Waals surface area contributed by atoms with Gasteiger partial charge in [-0.05, 0) is 122 Å². The van der Waals surface area contributed by atoms with Crippen molar-refractivity contribution < 1.29 is 9.30 Å². The lowest BCUT2D eigenvalue weighted by Gasteiger charge is -2.28. The standard InChI is InChI=1S/C69H67N4O/c1-45(2)57-42-65(70-43-60(57)47-25-16-13-17-26-47)73-61-30-19-18-29-55(61)56-34-33-54(41-64(56)73)74-53-28-22-27-52(40-53)71-44-72(63-32-21-20-31-62(63)71)66-58(46-23-14-12-15-24-46)38-51(69(9,10)11)39-59(66)48-35-49(67(3,4)5)37-50(36-48)68(6,7)8/h12-45H,1-11H3/q+1. The Morgan fingerprint density at radius 1 is 0.459 bits per heavy atom. The van der Waals surface area contributed by atoms with Gasteiger partial charge >= 0.3 is 0 Å². The van der Waals surface area contributed by atoms with Crippen LogP contribution in [0.1, 0.15) is 104 Å². The van der Waals surface area contributed by atoms with Crippen molar-refractivity contribution in [1.82, 2.24) is 14.1 Å². The summed E-state index contributed by atoms with van der Waals surface area (Å²) in [5.41, 5.74) is 18.6. The van der Waals surface area contributed by atoms with Crippen LogP contribution in [-0.4, -0.2) is 14.1 Å². The number of para-hydroxylation sites is 3. The van der Waals surface area contributed by atoms with Crippen LogP contribution < -0.4 is 9.30 Å². The molecule has 3 aromatic heterocycles. The number of benzene rings is 8. The summed E-state index contributed by atoms with van der Waals surface area (Å²) in [6, 6.07) is 68.2. The summed E-state index contributed by atoms with van der Waals surface area (Å²) in [6.07, 6.45) is 4.31. The Kier molecular flexibility index (Phi) is 12.1. The average molecular weight is 968 g/mol. The highest BCUT2D eigenvalue weighted by Crippen LogP contribution is 2.43.